The zero-order valence-corrected chi connectivity index (χ0v) is 11.5. The highest BCUT2D eigenvalue weighted by atomic mass is 19.2. The molecule has 21 heavy (non-hydrogen) atoms. The lowest BCUT2D eigenvalue weighted by Gasteiger charge is -2.13. The van der Waals surface area contributed by atoms with Gasteiger partial charge in [0.15, 0.2) is 11.6 Å². The largest absolute Gasteiger partial charge is 0.346 e. The predicted molar refractivity (Wildman–Crippen MR) is 78.4 cm³/mol. The second kappa shape index (κ2) is 6.79. The summed E-state index contributed by atoms with van der Waals surface area (Å²) >= 11 is 0. The van der Waals surface area contributed by atoms with Crippen LogP contribution in [0.2, 0.25) is 0 Å². The van der Waals surface area contributed by atoms with Gasteiger partial charge in [-0.25, -0.2) is 8.78 Å². The van der Waals surface area contributed by atoms with Gasteiger partial charge in [0, 0.05) is 6.08 Å². The van der Waals surface area contributed by atoms with Crippen molar-refractivity contribution in [1.82, 2.24) is 5.32 Å². The molecule has 1 atom stereocenters. The Balaban J connectivity index is 1.99. The van der Waals surface area contributed by atoms with Crippen molar-refractivity contribution in [2.24, 2.45) is 0 Å². The van der Waals surface area contributed by atoms with E-state index in [-0.39, 0.29) is 5.91 Å². The molecule has 0 bridgehead atoms. The summed E-state index contributed by atoms with van der Waals surface area (Å²) in [7, 11) is 0. The molecule has 2 aromatic carbocycles. The number of carbonyl (C=O) groups is 1. The highest BCUT2D eigenvalue weighted by Gasteiger charge is 2.10. The molecular formula is C17H15F2NO. The molecule has 1 unspecified atom stereocenters. The average molecular weight is 287 g/mol. The minimum absolute atomic E-state index is 0.295. The zero-order valence-electron chi connectivity index (χ0n) is 11.5. The van der Waals surface area contributed by atoms with Gasteiger partial charge >= 0.3 is 0 Å². The van der Waals surface area contributed by atoms with Gasteiger partial charge in [0.25, 0.3) is 0 Å². The second-order valence-corrected chi connectivity index (χ2v) is 4.65. The number of halogens is 2. The molecule has 0 radical (unpaired) electrons. The predicted octanol–water partition coefficient (Wildman–Crippen LogP) is 3.86. The number of rotatable bonds is 4. The molecule has 2 rings (SSSR count). The molecule has 1 N–H and O–H groups in total. The van der Waals surface area contributed by atoms with Crippen LogP contribution in [0.3, 0.4) is 0 Å². The number of hydrogen-bond donors (Lipinski definition) is 1. The molecule has 0 aliphatic carbocycles. The van der Waals surface area contributed by atoms with Crippen LogP contribution in [0.4, 0.5) is 8.78 Å². The molecule has 0 aliphatic rings. The Morgan fingerprint density at radius 2 is 1.81 bits per heavy atom. The maximum Gasteiger partial charge on any atom is 0.244 e. The quantitative estimate of drug-likeness (QED) is 0.850. The zero-order chi connectivity index (χ0) is 15.2. The molecule has 0 aliphatic heterocycles. The standard InChI is InChI=1S/C17H15F2NO/c1-12(14-8-9-15(18)16(19)11-14)20-17(21)10-7-13-5-3-2-4-6-13/h2-12H,1H3,(H,20,21)/b10-7+. The summed E-state index contributed by atoms with van der Waals surface area (Å²) in [5.41, 5.74) is 1.42. The van der Waals surface area contributed by atoms with Crippen LogP contribution in [0, 0.1) is 11.6 Å². The monoisotopic (exact) mass is 287 g/mol. The first-order chi connectivity index (χ1) is 10.1. The summed E-state index contributed by atoms with van der Waals surface area (Å²) in [4.78, 5) is 11.8. The van der Waals surface area contributed by atoms with Crippen LogP contribution < -0.4 is 5.32 Å². The molecule has 0 aromatic heterocycles. The third kappa shape index (κ3) is 4.24. The van der Waals surface area contributed by atoms with Crippen molar-refractivity contribution in [2.45, 2.75) is 13.0 Å². The Bertz CT molecular complexity index is 653. The van der Waals surface area contributed by atoms with Crippen molar-refractivity contribution >= 4 is 12.0 Å². The number of nitrogens with one attached hydrogen (secondary N) is 1. The fourth-order valence-electron chi connectivity index (χ4n) is 1.86. The van der Waals surface area contributed by atoms with E-state index in [2.05, 4.69) is 5.32 Å². The first-order valence-corrected chi connectivity index (χ1v) is 6.55. The Kier molecular flexibility index (Phi) is 4.82. The summed E-state index contributed by atoms with van der Waals surface area (Å²) < 4.78 is 26.0. The highest BCUT2D eigenvalue weighted by Crippen LogP contribution is 2.15. The van der Waals surface area contributed by atoms with Gasteiger partial charge in [0.05, 0.1) is 6.04 Å². The molecule has 2 aromatic rings. The number of amides is 1. The minimum Gasteiger partial charge on any atom is -0.346 e. The fraction of sp³-hybridized carbons (Fsp3) is 0.118. The SMILES string of the molecule is CC(NC(=O)/C=C/c1ccccc1)c1ccc(F)c(F)c1. The summed E-state index contributed by atoms with van der Waals surface area (Å²) in [6, 6.07) is 12.6. The molecule has 0 saturated heterocycles. The lowest BCUT2D eigenvalue weighted by atomic mass is 10.1. The molecule has 4 heteroatoms. The molecule has 0 spiro atoms. The van der Waals surface area contributed by atoms with E-state index >= 15 is 0 Å². The smallest absolute Gasteiger partial charge is 0.244 e. The van der Waals surface area contributed by atoms with Gasteiger partial charge in [-0.05, 0) is 36.3 Å². The van der Waals surface area contributed by atoms with Crippen molar-refractivity contribution in [3.8, 4) is 0 Å². The second-order valence-electron chi connectivity index (χ2n) is 4.65. The van der Waals surface area contributed by atoms with Crippen molar-refractivity contribution in [3.63, 3.8) is 0 Å². The van der Waals surface area contributed by atoms with Crippen molar-refractivity contribution in [1.29, 1.82) is 0 Å². The topological polar surface area (TPSA) is 29.1 Å². The number of carbonyl (C=O) groups excluding carboxylic acids is 1. The maximum atomic E-state index is 13.1. The lowest BCUT2D eigenvalue weighted by Crippen LogP contribution is -2.24. The van der Waals surface area contributed by atoms with Gasteiger partial charge in [-0.15, -0.1) is 0 Å². The Morgan fingerprint density at radius 1 is 1.10 bits per heavy atom. The first-order valence-electron chi connectivity index (χ1n) is 6.55. The van der Waals surface area contributed by atoms with Crippen LogP contribution in [-0.4, -0.2) is 5.91 Å². The summed E-state index contributed by atoms with van der Waals surface area (Å²) in [5, 5.41) is 2.70. The van der Waals surface area contributed by atoms with Crippen LogP contribution in [-0.2, 0) is 4.79 Å². The van der Waals surface area contributed by atoms with Crippen LogP contribution in [0.5, 0.6) is 0 Å². The summed E-state index contributed by atoms with van der Waals surface area (Å²) in [6.07, 6.45) is 3.10. The molecule has 0 fully saturated rings. The van der Waals surface area contributed by atoms with E-state index in [1.54, 1.807) is 13.0 Å². The van der Waals surface area contributed by atoms with Crippen LogP contribution in [0.1, 0.15) is 24.1 Å². The van der Waals surface area contributed by atoms with Crippen molar-refractivity contribution < 1.29 is 13.6 Å². The van der Waals surface area contributed by atoms with E-state index < -0.39 is 17.7 Å². The van der Waals surface area contributed by atoms with Crippen LogP contribution in [0.15, 0.2) is 54.6 Å². The van der Waals surface area contributed by atoms with Gasteiger partial charge in [0.1, 0.15) is 0 Å². The van der Waals surface area contributed by atoms with Crippen molar-refractivity contribution in [2.75, 3.05) is 0 Å². The van der Waals surface area contributed by atoms with E-state index in [4.69, 9.17) is 0 Å². The van der Waals surface area contributed by atoms with Gasteiger partial charge in [-0.1, -0.05) is 36.4 Å². The molecule has 108 valence electrons. The third-order valence-electron chi connectivity index (χ3n) is 3.03. The normalized spacial score (nSPS) is 12.3. The highest BCUT2D eigenvalue weighted by molar-refractivity contribution is 5.91. The number of benzene rings is 2. The Labute approximate surface area is 122 Å². The van der Waals surface area contributed by atoms with Gasteiger partial charge in [0.2, 0.25) is 5.91 Å². The molecular weight excluding hydrogens is 272 g/mol. The van der Waals surface area contributed by atoms with Crippen molar-refractivity contribution in [3.05, 3.63) is 77.4 Å². The Morgan fingerprint density at radius 3 is 2.48 bits per heavy atom. The third-order valence-corrected chi connectivity index (χ3v) is 3.03. The van der Waals surface area contributed by atoms with E-state index in [1.807, 2.05) is 30.3 Å². The molecule has 2 nitrogen and oxygen atoms in total. The van der Waals surface area contributed by atoms with E-state index in [9.17, 15) is 13.6 Å². The van der Waals surface area contributed by atoms with Gasteiger partial charge in [-0.2, -0.15) is 0 Å². The molecule has 0 saturated carbocycles. The molecule has 1 amide bonds. The average Bonchev–Trinajstić information content (AvgIpc) is 2.49. The lowest BCUT2D eigenvalue weighted by molar-refractivity contribution is -0.117. The molecule has 0 heterocycles. The van der Waals surface area contributed by atoms with Gasteiger partial charge < -0.3 is 5.32 Å². The maximum absolute atomic E-state index is 13.1. The van der Waals surface area contributed by atoms with E-state index in [0.29, 0.717) is 5.56 Å². The first kappa shape index (κ1) is 14.9. The van der Waals surface area contributed by atoms with Gasteiger partial charge in [-0.3, -0.25) is 4.79 Å². The fourth-order valence-corrected chi connectivity index (χ4v) is 1.86. The van der Waals surface area contributed by atoms with Crippen LogP contribution >= 0.6 is 0 Å². The summed E-state index contributed by atoms with van der Waals surface area (Å²) in [5.74, 6) is -2.12. The summed E-state index contributed by atoms with van der Waals surface area (Å²) in [6.45, 7) is 1.71. The minimum atomic E-state index is -0.923. The van der Waals surface area contributed by atoms with Crippen LogP contribution in [0.25, 0.3) is 6.08 Å². The Hall–Kier alpha value is -2.49. The van der Waals surface area contributed by atoms with E-state index in [1.165, 1.54) is 12.1 Å². The number of hydrogen-bond acceptors (Lipinski definition) is 1. The van der Waals surface area contributed by atoms with E-state index in [0.717, 1.165) is 17.7 Å².